The molecule has 0 aromatic carbocycles. The molecule has 0 rings (SSSR count). The molecule has 0 amide bonds. The molecule has 3 nitrogen and oxygen atoms in total. The molecule has 1 N–H and O–H groups in total. The second-order valence-corrected chi connectivity index (χ2v) is 8.10. The molecule has 15 heavy (non-hydrogen) atoms. The van der Waals surface area contributed by atoms with Gasteiger partial charge in [-0.15, -0.1) is 0 Å². The van der Waals surface area contributed by atoms with Crippen LogP contribution in [-0.2, 0) is 4.57 Å². The molecule has 0 aliphatic heterocycles. The van der Waals surface area contributed by atoms with Gasteiger partial charge in [-0.05, 0) is 20.8 Å². The molecule has 0 aromatic rings. The van der Waals surface area contributed by atoms with E-state index in [1.165, 1.54) is 19.6 Å². The summed E-state index contributed by atoms with van der Waals surface area (Å²) in [5.41, 5.74) is 0. The van der Waals surface area contributed by atoms with Crippen molar-refractivity contribution in [3.8, 4) is 0 Å². The Morgan fingerprint density at radius 2 is 1.33 bits per heavy atom. The average molecular weight is 258 g/mol. The van der Waals surface area contributed by atoms with E-state index >= 15 is 0 Å². The van der Waals surface area contributed by atoms with Crippen molar-refractivity contribution in [3.63, 3.8) is 0 Å². The van der Waals surface area contributed by atoms with E-state index in [0.29, 0.717) is 0 Å². The van der Waals surface area contributed by atoms with E-state index in [9.17, 15) is 9.46 Å². The third-order valence-electron chi connectivity index (χ3n) is 2.30. The number of nitrogens with one attached hydrogen (secondary N) is 1. The van der Waals surface area contributed by atoms with Crippen LogP contribution in [0, 0.1) is 0 Å². The predicted octanol–water partition coefficient (Wildman–Crippen LogP) is 1.51. The smallest absolute Gasteiger partial charge is 0.106 e. The first-order valence-electron chi connectivity index (χ1n) is 5.44. The van der Waals surface area contributed by atoms with Crippen molar-refractivity contribution in [2.24, 2.45) is 0 Å². The number of rotatable bonds is 3. The summed E-state index contributed by atoms with van der Waals surface area (Å²) in [5.74, 6) is 0. The van der Waals surface area contributed by atoms with Gasteiger partial charge in [-0.3, -0.25) is 0 Å². The fourth-order valence-electron chi connectivity index (χ4n) is 0.750. The third kappa shape index (κ3) is 9.37. The Morgan fingerprint density at radius 1 is 1.13 bits per heavy atom. The van der Waals surface area contributed by atoms with Crippen molar-refractivity contribution in [1.82, 2.24) is 0 Å². The minimum Gasteiger partial charge on any atom is -0.787 e. The standard InChI is InChI=1S/C6H15N.C4H10ClO2P/c1-4-7(5-2)6-3;1-4(2,3)8(5,6)7/h4-6H2,1-3H3;1-3H3,(H,6,7). The van der Waals surface area contributed by atoms with Crippen molar-refractivity contribution < 1.29 is 14.4 Å². The van der Waals surface area contributed by atoms with E-state index in [1.54, 1.807) is 25.7 Å². The Bertz CT molecular complexity index is 189. The van der Waals surface area contributed by atoms with Crippen LogP contribution in [0.25, 0.3) is 0 Å². The van der Waals surface area contributed by atoms with Crippen molar-refractivity contribution >= 4 is 18.0 Å². The van der Waals surface area contributed by atoms with Gasteiger partial charge in [-0.25, -0.2) is 0 Å². The zero-order chi connectivity index (χ0) is 12.7. The van der Waals surface area contributed by atoms with Crippen LogP contribution in [0.4, 0.5) is 0 Å². The van der Waals surface area contributed by atoms with Gasteiger partial charge in [0.05, 0.1) is 19.6 Å². The monoisotopic (exact) mass is 257 g/mol. The van der Waals surface area contributed by atoms with E-state index in [-0.39, 0.29) is 0 Å². The molecule has 0 spiro atoms. The lowest BCUT2D eigenvalue weighted by atomic mass is 10.3. The molecule has 1 unspecified atom stereocenters. The number of halogens is 1. The summed E-state index contributed by atoms with van der Waals surface area (Å²) in [6, 6.07) is 0. The highest BCUT2D eigenvalue weighted by molar-refractivity contribution is 7.84. The maximum Gasteiger partial charge on any atom is 0.106 e. The first-order valence-corrected chi connectivity index (χ1v) is 7.97. The molecule has 0 aromatic heterocycles. The molecule has 5 heteroatoms. The third-order valence-corrected chi connectivity index (χ3v) is 5.43. The van der Waals surface area contributed by atoms with Gasteiger partial charge in [0.1, 0.15) is 6.72 Å². The predicted molar refractivity (Wildman–Crippen MR) is 65.8 cm³/mol. The molecule has 0 aliphatic carbocycles. The van der Waals surface area contributed by atoms with Gasteiger partial charge in [0.25, 0.3) is 0 Å². The van der Waals surface area contributed by atoms with Crippen LogP contribution >= 0.6 is 18.0 Å². The second kappa shape index (κ2) is 7.67. The van der Waals surface area contributed by atoms with Crippen LogP contribution in [0.5, 0.6) is 0 Å². The Balaban J connectivity index is 0. The summed E-state index contributed by atoms with van der Waals surface area (Å²) in [4.78, 5) is 12.1. The van der Waals surface area contributed by atoms with Gasteiger partial charge in [0.15, 0.2) is 0 Å². The summed E-state index contributed by atoms with van der Waals surface area (Å²) in [5, 5.41) is -0.797. The molecule has 0 saturated carbocycles. The van der Waals surface area contributed by atoms with Gasteiger partial charge in [-0.2, -0.15) is 0 Å². The van der Waals surface area contributed by atoms with E-state index in [2.05, 4.69) is 20.8 Å². The Hall–Kier alpha value is 0.440. The SMILES string of the molecule is CC(C)(C)P(=O)([O-])Cl.CC[NH+](CC)CC. The zero-order valence-electron chi connectivity index (χ0n) is 10.8. The summed E-state index contributed by atoms with van der Waals surface area (Å²) in [7, 11) is 0. The zero-order valence-corrected chi connectivity index (χ0v) is 12.4. The van der Waals surface area contributed by atoms with E-state index < -0.39 is 11.9 Å². The summed E-state index contributed by atoms with van der Waals surface area (Å²) >= 11 is 5.01. The number of hydrogen-bond donors (Lipinski definition) is 1. The lowest BCUT2D eigenvalue weighted by molar-refractivity contribution is -0.894. The minimum absolute atomic E-state index is 0.797. The van der Waals surface area contributed by atoms with Crippen LogP contribution in [0.2, 0.25) is 0 Å². The van der Waals surface area contributed by atoms with Gasteiger partial charge in [0.2, 0.25) is 0 Å². The number of hydrogen-bond acceptors (Lipinski definition) is 2. The van der Waals surface area contributed by atoms with Crippen LogP contribution in [0.3, 0.4) is 0 Å². The van der Waals surface area contributed by atoms with Crippen LogP contribution in [-0.4, -0.2) is 24.8 Å². The molecular weight excluding hydrogens is 233 g/mol. The van der Waals surface area contributed by atoms with Crippen molar-refractivity contribution in [3.05, 3.63) is 0 Å². The topological polar surface area (TPSA) is 44.6 Å². The van der Waals surface area contributed by atoms with Gasteiger partial charge in [0, 0.05) is 5.16 Å². The molecule has 0 heterocycles. The summed E-state index contributed by atoms with van der Waals surface area (Å²) < 4.78 is 10.4. The molecule has 0 fully saturated rings. The van der Waals surface area contributed by atoms with E-state index in [1.807, 2.05) is 0 Å². The Kier molecular flexibility index (Phi) is 9.11. The van der Waals surface area contributed by atoms with Gasteiger partial charge < -0.3 is 14.4 Å². The molecule has 1 atom stereocenters. The van der Waals surface area contributed by atoms with Crippen molar-refractivity contribution in [1.29, 1.82) is 0 Å². The van der Waals surface area contributed by atoms with Crippen molar-refractivity contribution in [2.45, 2.75) is 46.7 Å². The van der Waals surface area contributed by atoms with E-state index in [4.69, 9.17) is 11.2 Å². The maximum absolute atomic E-state index is 10.4. The number of quaternary nitrogens is 1. The summed E-state index contributed by atoms with van der Waals surface area (Å²) in [6.07, 6.45) is 0. The fourth-order valence-corrected chi connectivity index (χ4v) is 0.750. The molecular formula is C10H25ClNO2P. The highest BCUT2D eigenvalue weighted by atomic mass is 35.7. The molecule has 0 radical (unpaired) electrons. The van der Waals surface area contributed by atoms with Gasteiger partial charge >= 0.3 is 0 Å². The average Bonchev–Trinajstić information content (AvgIpc) is 2.05. The van der Waals surface area contributed by atoms with E-state index in [0.717, 1.165) is 0 Å². The normalized spacial score (nSPS) is 15.5. The van der Waals surface area contributed by atoms with Gasteiger partial charge in [-0.1, -0.05) is 32.0 Å². The van der Waals surface area contributed by atoms with Crippen LogP contribution in [0.1, 0.15) is 41.5 Å². The largest absolute Gasteiger partial charge is 0.787 e. The first-order chi connectivity index (χ1) is 6.60. The first kappa shape index (κ1) is 17.8. The molecule has 94 valence electrons. The summed E-state index contributed by atoms with van der Waals surface area (Å²) in [6.45, 7) is 11.5. The van der Waals surface area contributed by atoms with Crippen LogP contribution < -0.4 is 9.79 Å². The molecule has 0 aliphatic rings. The minimum atomic E-state index is -3.63. The highest BCUT2D eigenvalue weighted by Gasteiger charge is 2.22. The Labute approximate surface area is 99.1 Å². The lowest BCUT2D eigenvalue weighted by Gasteiger charge is -2.29. The molecule has 0 bridgehead atoms. The molecule has 0 saturated heterocycles. The fraction of sp³-hybridized carbons (Fsp3) is 1.00. The van der Waals surface area contributed by atoms with Crippen molar-refractivity contribution in [2.75, 3.05) is 19.6 Å². The maximum atomic E-state index is 10.4. The Morgan fingerprint density at radius 3 is 1.33 bits per heavy atom. The second-order valence-electron chi connectivity index (χ2n) is 4.46. The highest BCUT2D eigenvalue weighted by Crippen LogP contribution is 2.54. The van der Waals surface area contributed by atoms with Crippen LogP contribution in [0.15, 0.2) is 0 Å². The lowest BCUT2D eigenvalue weighted by Crippen LogP contribution is -3.11. The quantitative estimate of drug-likeness (QED) is 0.779.